The smallest absolute Gasteiger partial charge is 0.307 e. The fraction of sp³-hybridized carbons (Fsp3) is 0.600. The first-order valence-corrected chi connectivity index (χ1v) is 7.72. The van der Waals surface area contributed by atoms with Gasteiger partial charge in [0.15, 0.2) is 0 Å². The lowest BCUT2D eigenvalue weighted by Gasteiger charge is -2.25. The van der Waals surface area contributed by atoms with Gasteiger partial charge in [0.25, 0.3) is 0 Å². The Hall–Kier alpha value is 0.190. The number of hydrogen-bond acceptors (Lipinski definition) is 3. The second-order valence-electron chi connectivity index (χ2n) is 3.94. The molecule has 19 heavy (non-hydrogen) atoms. The number of carbonyl (C=O) groups excluding carboxylic acids is 1. The number of amides is 1. The van der Waals surface area contributed by atoms with Crippen molar-refractivity contribution in [2.24, 2.45) is 11.8 Å². The minimum absolute atomic E-state index is 0.326. The van der Waals surface area contributed by atoms with Crippen LogP contribution in [0.3, 0.4) is 0 Å². The van der Waals surface area contributed by atoms with Crippen molar-refractivity contribution in [3.63, 3.8) is 0 Å². The number of hydrogen-bond donors (Lipinski definition) is 2. The van der Waals surface area contributed by atoms with Crippen LogP contribution in [0, 0.1) is 11.8 Å². The maximum absolute atomic E-state index is 11.9. The van der Waals surface area contributed by atoms with E-state index in [1.165, 1.54) is 0 Å². The van der Waals surface area contributed by atoms with Gasteiger partial charge >= 0.3 is 5.97 Å². The fourth-order valence-corrected chi connectivity index (χ4v) is 2.67. The highest BCUT2D eigenvalue weighted by Crippen LogP contribution is 2.39. The van der Waals surface area contributed by atoms with Crippen molar-refractivity contribution in [2.45, 2.75) is 21.3 Å². The first kappa shape index (κ1) is 17.2. The number of carboxylic acid groups (broad SMARTS) is 1. The molecule has 4 nitrogen and oxygen atoms in total. The monoisotopic (exact) mass is 365 g/mol. The van der Waals surface area contributed by atoms with E-state index in [0.717, 1.165) is 11.9 Å². The highest BCUT2D eigenvalue weighted by Gasteiger charge is 2.36. The summed E-state index contributed by atoms with van der Waals surface area (Å²) in [6.07, 6.45) is 4.22. The number of alkyl halides is 4. The van der Waals surface area contributed by atoms with Crippen molar-refractivity contribution in [2.75, 3.05) is 0 Å². The third-order valence-corrected chi connectivity index (χ3v) is 5.46. The first-order valence-electron chi connectivity index (χ1n) is 5.27. The molecule has 1 rings (SSSR count). The molecule has 0 saturated carbocycles. The first-order chi connectivity index (χ1) is 8.73. The Kier molecular flexibility index (Phi) is 6.60. The van der Waals surface area contributed by atoms with Crippen molar-refractivity contribution in [3.05, 3.63) is 12.2 Å². The van der Waals surface area contributed by atoms with Gasteiger partial charge in [0, 0.05) is 0 Å². The Morgan fingerprint density at radius 1 is 1.26 bits per heavy atom. The molecular weight excluding hydrogens is 356 g/mol. The van der Waals surface area contributed by atoms with E-state index in [0.29, 0.717) is 12.8 Å². The Bertz CT molecular complexity index is 385. The predicted octanol–water partition coefficient (Wildman–Crippen LogP) is 3.35. The van der Waals surface area contributed by atoms with Crippen LogP contribution in [-0.2, 0) is 9.59 Å². The Morgan fingerprint density at radius 2 is 1.79 bits per heavy atom. The van der Waals surface area contributed by atoms with Gasteiger partial charge in [-0.05, 0) is 24.8 Å². The molecule has 9 heteroatoms. The van der Waals surface area contributed by atoms with E-state index in [-0.39, 0.29) is 0 Å². The second kappa shape index (κ2) is 7.27. The molecule has 1 aliphatic carbocycles. The molecule has 3 unspecified atom stereocenters. The topological polar surface area (TPSA) is 66.4 Å². The molecule has 0 aromatic carbocycles. The predicted molar refractivity (Wildman–Crippen MR) is 78.7 cm³/mol. The number of aliphatic carboxylic acids is 1. The molecule has 2 N–H and O–H groups in total. The van der Waals surface area contributed by atoms with Gasteiger partial charge in [-0.25, -0.2) is 0 Å². The van der Waals surface area contributed by atoms with Crippen LogP contribution >= 0.6 is 58.4 Å². The van der Waals surface area contributed by atoms with Gasteiger partial charge in [-0.2, -0.15) is 0 Å². The Labute approximate surface area is 134 Å². The average molecular weight is 367 g/mol. The summed E-state index contributed by atoms with van der Waals surface area (Å²) in [5, 5.41) is 9.05. The van der Waals surface area contributed by atoms with E-state index in [1.54, 1.807) is 12.2 Å². The maximum Gasteiger partial charge on any atom is 0.307 e. The number of halogens is 4. The van der Waals surface area contributed by atoms with Crippen LogP contribution in [0.4, 0.5) is 0 Å². The van der Waals surface area contributed by atoms with Gasteiger partial charge in [0.1, 0.15) is 4.71 Å². The molecule has 0 heterocycles. The summed E-state index contributed by atoms with van der Waals surface area (Å²) in [6, 6.07) is 0. The number of rotatable bonds is 4. The van der Waals surface area contributed by atoms with E-state index in [1.807, 2.05) is 0 Å². The van der Waals surface area contributed by atoms with Crippen LogP contribution in [0.2, 0.25) is 0 Å². The van der Waals surface area contributed by atoms with Crippen molar-refractivity contribution >= 4 is 70.2 Å². The van der Waals surface area contributed by atoms with Gasteiger partial charge < -0.3 is 5.11 Å². The summed E-state index contributed by atoms with van der Waals surface area (Å²) in [6.45, 7) is 0. The molecule has 1 aliphatic rings. The van der Waals surface area contributed by atoms with Gasteiger partial charge in [-0.15, -0.1) is 11.6 Å². The highest BCUT2D eigenvalue weighted by atomic mass is 35.6. The lowest BCUT2D eigenvalue weighted by molar-refractivity contribution is -0.146. The third-order valence-electron chi connectivity index (χ3n) is 2.61. The van der Waals surface area contributed by atoms with Crippen LogP contribution in [0.1, 0.15) is 12.8 Å². The van der Waals surface area contributed by atoms with Crippen LogP contribution in [-0.4, -0.2) is 25.5 Å². The minimum Gasteiger partial charge on any atom is -0.481 e. The molecule has 0 saturated heterocycles. The van der Waals surface area contributed by atoms with E-state index in [2.05, 4.69) is 4.72 Å². The lowest BCUT2D eigenvalue weighted by atomic mass is 9.83. The molecule has 108 valence electrons. The molecule has 3 atom stereocenters. The molecule has 0 aromatic rings. The van der Waals surface area contributed by atoms with E-state index in [9.17, 15) is 9.59 Å². The molecule has 0 aliphatic heterocycles. The van der Waals surface area contributed by atoms with Gasteiger partial charge in [0.05, 0.1) is 11.8 Å². The van der Waals surface area contributed by atoms with Crippen molar-refractivity contribution in [1.29, 1.82) is 0 Å². The minimum atomic E-state index is -1.72. The number of carboxylic acids is 1. The van der Waals surface area contributed by atoms with E-state index >= 15 is 0 Å². The summed E-state index contributed by atoms with van der Waals surface area (Å²) in [4.78, 5) is 23.0. The molecule has 0 aromatic heterocycles. The highest BCUT2D eigenvalue weighted by molar-refractivity contribution is 8.00. The molecule has 0 radical (unpaired) electrons. The molecule has 0 bridgehead atoms. The Morgan fingerprint density at radius 3 is 2.26 bits per heavy atom. The summed E-state index contributed by atoms with van der Waals surface area (Å²) in [7, 11) is 0. The zero-order valence-corrected chi connectivity index (χ0v) is 13.3. The summed E-state index contributed by atoms with van der Waals surface area (Å²) >= 11 is 23.2. The van der Waals surface area contributed by atoms with Gasteiger partial charge in [-0.3, -0.25) is 14.3 Å². The summed E-state index contributed by atoms with van der Waals surface area (Å²) in [5.41, 5.74) is 0. The van der Waals surface area contributed by atoms with E-state index in [4.69, 9.17) is 51.5 Å². The zero-order valence-electron chi connectivity index (χ0n) is 9.48. The maximum atomic E-state index is 11.9. The number of carbonyl (C=O) groups is 2. The van der Waals surface area contributed by atoms with Crippen LogP contribution in [0.15, 0.2) is 12.2 Å². The summed E-state index contributed by atoms with van der Waals surface area (Å²) in [5.74, 6) is -2.82. The lowest BCUT2D eigenvalue weighted by Crippen LogP contribution is -2.37. The van der Waals surface area contributed by atoms with Gasteiger partial charge in [0.2, 0.25) is 9.70 Å². The SMILES string of the molecule is O=C(O)C1CC=CCC1C(=O)NSC(Cl)C(Cl)(Cl)Cl. The molecular formula is C10H11Cl4NO3S. The standard InChI is InChI=1S/C10H11Cl4NO3S/c11-9(10(12,13)14)19-15-7(16)5-3-1-2-4-6(5)8(17)18/h1-2,5-6,9H,3-4H2,(H,15,16)(H,17,18). The second-order valence-corrected chi connectivity index (χ2v) is 7.91. The third kappa shape index (κ3) is 5.23. The Balaban J connectivity index is 2.57. The van der Waals surface area contributed by atoms with Crippen LogP contribution < -0.4 is 4.72 Å². The molecule has 0 fully saturated rings. The average Bonchev–Trinajstić information content (AvgIpc) is 2.34. The molecule has 1 amide bonds. The van der Waals surface area contributed by atoms with Crippen molar-refractivity contribution < 1.29 is 14.7 Å². The van der Waals surface area contributed by atoms with Crippen molar-refractivity contribution in [3.8, 4) is 0 Å². The quantitative estimate of drug-likeness (QED) is 0.455. The largest absolute Gasteiger partial charge is 0.481 e. The van der Waals surface area contributed by atoms with Crippen molar-refractivity contribution in [1.82, 2.24) is 4.72 Å². The zero-order chi connectivity index (χ0) is 14.6. The number of nitrogens with one attached hydrogen (secondary N) is 1. The van der Waals surface area contributed by atoms with Crippen LogP contribution in [0.5, 0.6) is 0 Å². The summed E-state index contributed by atoms with van der Waals surface area (Å²) < 4.78 is -0.254. The van der Waals surface area contributed by atoms with Gasteiger partial charge in [-0.1, -0.05) is 47.0 Å². The normalized spacial score (nSPS) is 24.8. The number of allylic oxidation sites excluding steroid dienone is 2. The molecule has 0 spiro atoms. The van der Waals surface area contributed by atoms with E-state index < -0.39 is 32.2 Å². The van der Waals surface area contributed by atoms with Crippen LogP contribution in [0.25, 0.3) is 0 Å². The fourth-order valence-electron chi connectivity index (χ4n) is 1.63.